The summed E-state index contributed by atoms with van der Waals surface area (Å²) in [7, 11) is 0. The Balaban J connectivity index is 1.65. The maximum Gasteiger partial charge on any atom is 0.418 e. The molecule has 0 radical (unpaired) electrons. The van der Waals surface area contributed by atoms with Crippen molar-refractivity contribution in [1.82, 2.24) is 5.43 Å². The van der Waals surface area contributed by atoms with E-state index in [1.165, 1.54) is 36.5 Å². The van der Waals surface area contributed by atoms with Gasteiger partial charge in [-0.25, -0.2) is 5.43 Å². The lowest BCUT2D eigenvalue weighted by molar-refractivity contribution is -0.137. The monoisotopic (exact) mass is 722 g/mol. The summed E-state index contributed by atoms with van der Waals surface area (Å²) < 4.78 is 51.2. The first kappa shape index (κ1) is 32.0. The van der Waals surface area contributed by atoms with Crippen LogP contribution in [0.1, 0.15) is 18.1 Å². The molecule has 0 fully saturated rings. The second-order valence-corrected chi connectivity index (χ2v) is 9.85. The Labute approximate surface area is 255 Å². The van der Waals surface area contributed by atoms with Gasteiger partial charge in [-0.05, 0) is 71.5 Å². The standard InChI is InChI=1S/C26H20Cl2F3IN4O5/c1-2-40-20-11-14(12-33-36-25(39)24(38)35-19-9-5-7-16(27)22(19)28)10-17(32)23(20)41-13-21(37)34-18-8-4-3-6-15(18)26(29,30)31/h3-12H,2,13H2,1H3,(H,34,37)(H,35,38)(H,36,39)/b33-12-. The maximum absolute atomic E-state index is 13.2. The molecule has 41 heavy (non-hydrogen) atoms. The molecule has 0 unspecified atom stereocenters. The number of nitrogens with zero attached hydrogens (tertiary/aromatic N) is 1. The van der Waals surface area contributed by atoms with Gasteiger partial charge in [0.2, 0.25) is 0 Å². The van der Waals surface area contributed by atoms with Crippen LogP contribution in [0.2, 0.25) is 10.0 Å². The number of hydrogen-bond donors (Lipinski definition) is 3. The van der Waals surface area contributed by atoms with E-state index in [0.29, 0.717) is 9.13 Å². The van der Waals surface area contributed by atoms with Crippen LogP contribution in [-0.2, 0) is 20.6 Å². The van der Waals surface area contributed by atoms with Gasteiger partial charge in [0.15, 0.2) is 18.1 Å². The smallest absolute Gasteiger partial charge is 0.418 e. The molecule has 0 atom stereocenters. The Kier molecular flexibility index (Phi) is 11.2. The van der Waals surface area contributed by atoms with E-state index in [1.807, 2.05) is 22.6 Å². The van der Waals surface area contributed by atoms with Crippen molar-refractivity contribution in [2.75, 3.05) is 23.8 Å². The number of halogens is 6. The molecule has 3 amide bonds. The van der Waals surface area contributed by atoms with Crippen molar-refractivity contribution in [2.45, 2.75) is 13.1 Å². The van der Waals surface area contributed by atoms with Crippen LogP contribution in [0.5, 0.6) is 11.5 Å². The molecule has 0 aliphatic heterocycles. The summed E-state index contributed by atoms with van der Waals surface area (Å²) in [6, 6.07) is 12.2. The van der Waals surface area contributed by atoms with Gasteiger partial charge in [-0.2, -0.15) is 18.3 Å². The zero-order valence-corrected chi connectivity index (χ0v) is 24.6. The maximum atomic E-state index is 13.2. The van der Waals surface area contributed by atoms with Crippen molar-refractivity contribution in [3.05, 3.63) is 79.3 Å². The Morgan fingerprint density at radius 2 is 1.68 bits per heavy atom. The Morgan fingerprint density at radius 1 is 0.976 bits per heavy atom. The zero-order valence-electron chi connectivity index (χ0n) is 20.9. The number of carbonyl (C=O) groups is 3. The molecule has 3 rings (SSSR count). The third-order valence-corrected chi connectivity index (χ3v) is 6.59. The van der Waals surface area contributed by atoms with Gasteiger partial charge in [-0.1, -0.05) is 41.4 Å². The summed E-state index contributed by atoms with van der Waals surface area (Å²) in [5.74, 6) is -2.54. The lowest BCUT2D eigenvalue weighted by Gasteiger charge is -2.16. The first-order valence-corrected chi connectivity index (χ1v) is 13.4. The number of hydrazone groups is 1. The first-order valence-electron chi connectivity index (χ1n) is 11.5. The molecule has 0 spiro atoms. The number of hydrogen-bond acceptors (Lipinski definition) is 6. The molecule has 3 aromatic carbocycles. The lowest BCUT2D eigenvalue weighted by Crippen LogP contribution is -2.32. The number of amides is 3. The van der Waals surface area contributed by atoms with Crippen molar-refractivity contribution in [2.24, 2.45) is 5.10 Å². The Hall–Kier alpha value is -3.56. The Morgan fingerprint density at radius 3 is 2.39 bits per heavy atom. The molecule has 3 N–H and O–H groups in total. The molecule has 3 aromatic rings. The number of nitrogens with one attached hydrogen (secondary N) is 3. The normalized spacial score (nSPS) is 11.2. The number of carbonyl (C=O) groups excluding carboxylic acids is 3. The molecule has 0 heterocycles. The summed E-state index contributed by atoms with van der Waals surface area (Å²) in [5, 5.41) is 8.56. The quantitative estimate of drug-likeness (QED) is 0.107. The molecular formula is C26H20Cl2F3IN4O5. The topological polar surface area (TPSA) is 118 Å². The molecule has 216 valence electrons. The minimum Gasteiger partial charge on any atom is -0.490 e. The third kappa shape index (κ3) is 8.96. The highest BCUT2D eigenvalue weighted by atomic mass is 127. The molecule has 0 aliphatic rings. The number of para-hydroxylation sites is 1. The summed E-state index contributed by atoms with van der Waals surface area (Å²) in [5.41, 5.74) is 1.28. The predicted octanol–water partition coefficient (Wildman–Crippen LogP) is 6.12. The van der Waals surface area contributed by atoms with Gasteiger partial charge in [0.1, 0.15) is 0 Å². The lowest BCUT2D eigenvalue weighted by atomic mass is 10.1. The summed E-state index contributed by atoms with van der Waals surface area (Å²) in [4.78, 5) is 36.6. The second-order valence-electron chi connectivity index (χ2n) is 7.90. The molecule has 0 aliphatic carbocycles. The average Bonchev–Trinajstić information content (AvgIpc) is 2.90. The minimum atomic E-state index is -4.65. The van der Waals surface area contributed by atoms with E-state index in [4.69, 9.17) is 32.7 Å². The van der Waals surface area contributed by atoms with E-state index < -0.39 is 41.8 Å². The summed E-state index contributed by atoms with van der Waals surface area (Å²) in [6.45, 7) is 1.34. The summed E-state index contributed by atoms with van der Waals surface area (Å²) in [6.07, 6.45) is -3.40. The van der Waals surface area contributed by atoms with Crippen molar-refractivity contribution in [3.8, 4) is 11.5 Å². The SMILES string of the molecule is CCOc1cc(/C=N\NC(=O)C(=O)Nc2cccc(Cl)c2Cl)cc(I)c1OCC(=O)Nc1ccccc1C(F)(F)F. The highest BCUT2D eigenvalue weighted by Gasteiger charge is 2.33. The van der Waals surface area contributed by atoms with Gasteiger partial charge in [-0.3, -0.25) is 14.4 Å². The van der Waals surface area contributed by atoms with Crippen molar-refractivity contribution in [3.63, 3.8) is 0 Å². The van der Waals surface area contributed by atoms with Crippen LogP contribution in [-0.4, -0.2) is 37.1 Å². The van der Waals surface area contributed by atoms with Crippen molar-refractivity contribution in [1.29, 1.82) is 0 Å². The van der Waals surface area contributed by atoms with Crippen molar-refractivity contribution >= 4 is 81.1 Å². The van der Waals surface area contributed by atoms with E-state index in [2.05, 4.69) is 21.2 Å². The first-order chi connectivity index (χ1) is 19.4. The zero-order chi connectivity index (χ0) is 30.2. The molecule has 15 heteroatoms. The van der Waals surface area contributed by atoms with Crippen LogP contribution in [0.15, 0.2) is 59.7 Å². The number of alkyl halides is 3. The highest BCUT2D eigenvalue weighted by molar-refractivity contribution is 14.1. The minimum absolute atomic E-state index is 0.0720. The average molecular weight is 723 g/mol. The fourth-order valence-corrected chi connectivity index (χ4v) is 4.35. The van der Waals surface area contributed by atoms with Crippen LogP contribution < -0.4 is 25.5 Å². The highest BCUT2D eigenvalue weighted by Crippen LogP contribution is 2.36. The molecule has 0 aromatic heterocycles. The van der Waals surface area contributed by atoms with E-state index >= 15 is 0 Å². The fourth-order valence-electron chi connectivity index (χ4n) is 3.22. The van der Waals surface area contributed by atoms with Gasteiger partial charge in [0.25, 0.3) is 5.91 Å². The molecule has 0 saturated carbocycles. The van der Waals surface area contributed by atoms with Gasteiger partial charge in [0, 0.05) is 0 Å². The third-order valence-electron chi connectivity index (χ3n) is 4.97. The van der Waals surface area contributed by atoms with Crippen LogP contribution in [0, 0.1) is 3.57 Å². The van der Waals surface area contributed by atoms with Gasteiger partial charge < -0.3 is 20.1 Å². The molecular weight excluding hydrogens is 703 g/mol. The van der Waals surface area contributed by atoms with Crippen LogP contribution in [0.3, 0.4) is 0 Å². The van der Waals surface area contributed by atoms with Gasteiger partial charge >= 0.3 is 18.0 Å². The molecule has 0 saturated heterocycles. The van der Waals surface area contributed by atoms with Crippen LogP contribution >= 0.6 is 45.8 Å². The largest absolute Gasteiger partial charge is 0.490 e. The summed E-state index contributed by atoms with van der Waals surface area (Å²) >= 11 is 13.8. The van der Waals surface area contributed by atoms with Crippen LogP contribution in [0.25, 0.3) is 0 Å². The van der Waals surface area contributed by atoms with E-state index in [-0.39, 0.29) is 33.8 Å². The van der Waals surface area contributed by atoms with E-state index in [9.17, 15) is 27.6 Å². The number of rotatable bonds is 9. The van der Waals surface area contributed by atoms with E-state index in [0.717, 1.165) is 12.1 Å². The van der Waals surface area contributed by atoms with Gasteiger partial charge in [0.05, 0.1) is 43.4 Å². The molecule has 0 bridgehead atoms. The predicted molar refractivity (Wildman–Crippen MR) is 157 cm³/mol. The number of ether oxygens (including phenoxy) is 2. The van der Waals surface area contributed by atoms with E-state index in [1.54, 1.807) is 19.1 Å². The fraction of sp³-hybridized carbons (Fsp3) is 0.154. The van der Waals surface area contributed by atoms with Crippen molar-refractivity contribution < 1.29 is 37.0 Å². The second kappa shape index (κ2) is 14.4. The number of benzene rings is 3. The van der Waals surface area contributed by atoms with Crippen LogP contribution in [0.4, 0.5) is 24.5 Å². The van der Waals surface area contributed by atoms with Gasteiger partial charge in [-0.15, -0.1) is 0 Å². The molecule has 9 nitrogen and oxygen atoms in total. The number of anilines is 2. The Bertz CT molecular complexity index is 1490.